The van der Waals surface area contributed by atoms with E-state index in [1.54, 1.807) is 19.3 Å². The number of rotatable bonds is 3. The number of hydrogen-bond donors (Lipinski definition) is 0. The van der Waals surface area contributed by atoms with Crippen molar-refractivity contribution in [3.05, 3.63) is 63.8 Å². The normalized spacial score (nSPS) is 17.8. The Morgan fingerprint density at radius 1 is 1.29 bits per heavy atom. The molecule has 0 aliphatic carbocycles. The summed E-state index contributed by atoms with van der Waals surface area (Å²) >= 11 is 0. The molecule has 0 bridgehead atoms. The lowest BCUT2D eigenvalue weighted by Crippen LogP contribution is -2.40. The van der Waals surface area contributed by atoms with Crippen LogP contribution < -0.4 is 5.56 Å². The standard InChI is InChI=1S/C19H23N3O2/c1-14-5-6-15(11-20-14)10-16-4-3-9-22(12-16)19(24)17-7-8-18(23)21(2)13-17/h5-8,11,13,16H,3-4,9-10,12H2,1-2H3. The van der Waals surface area contributed by atoms with Crippen molar-refractivity contribution >= 4 is 5.91 Å². The predicted octanol–water partition coefficient (Wildman–Crippen LogP) is 2.18. The summed E-state index contributed by atoms with van der Waals surface area (Å²) in [6.07, 6.45) is 6.65. The van der Waals surface area contributed by atoms with E-state index < -0.39 is 0 Å². The van der Waals surface area contributed by atoms with Crippen LogP contribution in [0.4, 0.5) is 0 Å². The fourth-order valence-corrected chi connectivity index (χ4v) is 3.27. The molecule has 126 valence electrons. The van der Waals surface area contributed by atoms with Gasteiger partial charge in [0.05, 0.1) is 5.56 Å². The highest BCUT2D eigenvalue weighted by Gasteiger charge is 2.25. The Bertz CT molecular complexity index is 780. The van der Waals surface area contributed by atoms with Gasteiger partial charge >= 0.3 is 0 Å². The molecule has 1 unspecified atom stereocenters. The van der Waals surface area contributed by atoms with Gasteiger partial charge in [0.2, 0.25) is 5.56 Å². The average Bonchev–Trinajstić information content (AvgIpc) is 2.59. The van der Waals surface area contributed by atoms with Gasteiger partial charge in [-0.1, -0.05) is 6.07 Å². The van der Waals surface area contributed by atoms with Gasteiger partial charge in [0.1, 0.15) is 0 Å². The van der Waals surface area contributed by atoms with Crippen LogP contribution in [0.3, 0.4) is 0 Å². The average molecular weight is 325 g/mol. The Kier molecular flexibility index (Phi) is 4.79. The zero-order valence-electron chi connectivity index (χ0n) is 14.2. The van der Waals surface area contributed by atoms with Crippen LogP contribution in [-0.2, 0) is 13.5 Å². The second-order valence-corrected chi connectivity index (χ2v) is 6.64. The fraction of sp³-hybridized carbons (Fsp3) is 0.421. The molecule has 5 nitrogen and oxygen atoms in total. The number of likely N-dealkylation sites (tertiary alicyclic amines) is 1. The van der Waals surface area contributed by atoms with Gasteiger partial charge in [-0.05, 0) is 49.8 Å². The number of hydrogen-bond acceptors (Lipinski definition) is 3. The van der Waals surface area contributed by atoms with Crippen LogP contribution in [-0.4, -0.2) is 33.4 Å². The smallest absolute Gasteiger partial charge is 0.255 e. The molecule has 1 atom stereocenters. The second kappa shape index (κ2) is 6.99. The largest absolute Gasteiger partial charge is 0.338 e. The van der Waals surface area contributed by atoms with Crippen LogP contribution in [0.1, 0.15) is 34.5 Å². The van der Waals surface area contributed by atoms with E-state index in [9.17, 15) is 9.59 Å². The van der Waals surface area contributed by atoms with Crippen LogP contribution in [0, 0.1) is 12.8 Å². The van der Waals surface area contributed by atoms with E-state index in [1.165, 1.54) is 16.2 Å². The van der Waals surface area contributed by atoms with Gasteiger partial charge in [0, 0.05) is 44.3 Å². The maximum absolute atomic E-state index is 12.7. The number of carbonyl (C=O) groups excluding carboxylic acids is 1. The van der Waals surface area contributed by atoms with Gasteiger partial charge in [0.15, 0.2) is 0 Å². The van der Waals surface area contributed by atoms with Gasteiger partial charge < -0.3 is 9.47 Å². The quantitative estimate of drug-likeness (QED) is 0.869. The van der Waals surface area contributed by atoms with Crippen LogP contribution >= 0.6 is 0 Å². The van der Waals surface area contributed by atoms with Crippen molar-refractivity contribution in [3.63, 3.8) is 0 Å². The number of amides is 1. The van der Waals surface area contributed by atoms with Crippen LogP contribution in [0.25, 0.3) is 0 Å². The first kappa shape index (κ1) is 16.4. The summed E-state index contributed by atoms with van der Waals surface area (Å²) in [6.45, 7) is 3.53. The third kappa shape index (κ3) is 3.72. The Balaban J connectivity index is 1.68. The number of piperidine rings is 1. The lowest BCUT2D eigenvalue weighted by atomic mass is 9.91. The molecular weight excluding hydrogens is 302 g/mol. The molecule has 1 fully saturated rings. The summed E-state index contributed by atoms with van der Waals surface area (Å²) in [7, 11) is 1.67. The molecule has 1 amide bonds. The van der Waals surface area contributed by atoms with E-state index in [2.05, 4.69) is 11.1 Å². The fourth-order valence-electron chi connectivity index (χ4n) is 3.27. The summed E-state index contributed by atoms with van der Waals surface area (Å²) in [5.74, 6) is 0.470. The molecule has 0 saturated carbocycles. The first-order chi connectivity index (χ1) is 11.5. The Morgan fingerprint density at radius 2 is 2.12 bits per heavy atom. The third-order valence-corrected chi connectivity index (χ3v) is 4.64. The van der Waals surface area contributed by atoms with Gasteiger partial charge in [-0.3, -0.25) is 14.6 Å². The van der Waals surface area contributed by atoms with Crippen LogP contribution in [0.5, 0.6) is 0 Å². The SMILES string of the molecule is Cc1ccc(CC2CCCN(C(=O)c3ccc(=O)n(C)c3)C2)cn1. The van der Waals surface area contributed by atoms with E-state index in [4.69, 9.17) is 0 Å². The lowest BCUT2D eigenvalue weighted by Gasteiger charge is -2.33. The number of pyridine rings is 2. The van der Waals surface area contributed by atoms with E-state index in [1.807, 2.05) is 24.1 Å². The van der Waals surface area contributed by atoms with Crippen LogP contribution in [0.15, 0.2) is 41.5 Å². The molecule has 3 heterocycles. The first-order valence-electron chi connectivity index (χ1n) is 8.40. The van der Waals surface area contributed by atoms with Crippen molar-refractivity contribution in [2.24, 2.45) is 13.0 Å². The Morgan fingerprint density at radius 3 is 2.83 bits per heavy atom. The number of nitrogens with zero attached hydrogens (tertiary/aromatic N) is 3. The summed E-state index contributed by atoms with van der Waals surface area (Å²) in [4.78, 5) is 30.4. The Hall–Kier alpha value is -2.43. The second-order valence-electron chi connectivity index (χ2n) is 6.64. The molecule has 2 aromatic heterocycles. The van der Waals surface area contributed by atoms with Gasteiger partial charge in [0.25, 0.3) is 5.91 Å². The number of aromatic nitrogens is 2. The van der Waals surface area contributed by atoms with Crippen molar-refractivity contribution in [1.29, 1.82) is 0 Å². The van der Waals surface area contributed by atoms with Crippen molar-refractivity contribution < 1.29 is 4.79 Å². The minimum absolute atomic E-state index is 0.0114. The molecule has 5 heteroatoms. The molecule has 3 rings (SSSR count). The summed E-state index contributed by atoms with van der Waals surface area (Å²) < 4.78 is 1.45. The van der Waals surface area contributed by atoms with Gasteiger partial charge in [-0.25, -0.2) is 0 Å². The van der Waals surface area contributed by atoms with E-state index in [0.717, 1.165) is 38.0 Å². The van der Waals surface area contributed by atoms with Gasteiger partial charge in [-0.2, -0.15) is 0 Å². The first-order valence-corrected chi connectivity index (χ1v) is 8.40. The molecule has 1 saturated heterocycles. The highest BCUT2D eigenvalue weighted by molar-refractivity contribution is 5.94. The maximum Gasteiger partial charge on any atom is 0.255 e. The molecule has 0 radical (unpaired) electrons. The molecule has 1 aliphatic heterocycles. The molecule has 0 aromatic carbocycles. The van der Waals surface area contributed by atoms with Crippen molar-refractivity contribution in [3.8, 4) is 0 Å². The highest BCUT2D eigenvalue weighted by atomic mass is 16.2. The molecular formula is C19H23N3O2. The van der Waals surface area contributed by atoms with Gasteiger partial charge in [-0.15, -0.1) is 0 Å². The van der Waals surface area contributed by atoms with E-state index in [0.29, 0.717) is 11.5 Å². The summed E-state index contributed by atoms with van der Waals surface area (Å²) in [6, 6.07) is 7.23. The highest BCUT2D eigenvalue weighted by Crippen LogP contribution is 2.22. The van der Waals surface area contributed by atoms with E-state index in [-0.39, 0.29) is 11.5 Å². The number of aryl methyl sites for hydroxylation is 2. The van der Waals surface area contributed by atoms with Crippen molar-refractivity contribution in [2.75, 3.05) is 13.1 Å². The third-order valence-electron chi connectivity index (χ3n) is 4.64. The lowest BCUT2D eigenvalue weighted by molar-refractivity contribution is 0.0672. The zero-order chi connectivity index (χ0) is 17.1. The van der Waals surface area contributed by atoms with Crippen molar-refractivity contribution in [1.82, 2.24) is 14.5 Å². The maximum atomic E-state index is 12.7. The Labute approximate surface area is 141 Å². The van der Waals surface area contributed by atoms with E-state index >= 15 is 0 Å². The summed E-state index contributed by atoms with van der Waals surface area (Å²) in [5.41, 5.74) is 2.72. The minimum Gasteiger partial charge on any atom is -0.338 e. The summed E-state index contributed by atoms with van der Waals surface area (Å²) in [5, 5.41) is 0. The minimum atomic E-state index is -0.102. The molecule has 1 aliphatic rings. The van der Waals surface area contributed by atoms with Crippen molar-refractivity contribution in [2.45, 2.75) is 26.2 Å². The molecule has 24 heavy (non-hydrogen) atoms. The topological polar surface area (TPSA) is 55.2 Å². The molecule has 2 aromatic rings. The monoisotopic (exact) mass is 325 g/mol. The number of carbonyl (C=O) groups is 1. The van der Waals surface area contributed by atoms with Crippen LogP contribution in [0.2, 0.25) is 0 Å². The molecule has 0 N–H and O–H groups in total. The molecule has 0 spiro atoms. The predicted molar refractivity (Wildman–Crippen MR) is 93.0 cm³/mol. The zero-order valence-corrected chi connectivity index (χ0v) is 14.2.